The van der Waals surface area contributed by atoms with Crippen LogP contribution in [-0.4, -0.2) is 17.5 Å². The first-order chi connectivity index (χ1) is 6.48. The van der Waals surface area contributed by atoms with E-state index in [1.54, 1.807) is 6.08 Å². The fraction of sp³-hybridized carbons (Fsp3) is 0.750. The maximum atomic E-state index is 12.0. The first kappa shape index (κ1) is 9.91. The molecular weight excluding hydrogens is 176 g/mol. The van der Waals surface area contributed by atoms with E-state index in [2.05, 4.69) is 20.8 Å². The normalized spacial score (nSPS) is 40.8. The van der Waals surface area contributed by atoms with Crippen LogP contribution >= 0.6 is 0 Å². The van der Waals surface area contributed by atoms with E-state index in [-0.39, 0.29) is 17.3 Å². The van der Waals surface area contributed by atoms with Crippen LogP contribution in [0.1, 0.15) is 40.0 Å². The van der Waals surface area contributed by atoms with Crippen LogP contribution in [0.25, 0.3) is 0 Å². The highest BCUT2D eigenvalue weighted by molar-refractivity contribution is 5.99. The lowest BCUT2D eigenvalue weighted by atomic mass is 9.66. The number of carbonyl (C=O) groups is 1. The van der Waals surface area contributed by atoms with Crippen LogP contribution in [0, 0.1) is 5.41 Å². The van der Waals surface area contributed by atoms with Crippen LogP contribution in [0.4, 0.5) is 0 Å². The Hall–Kier alpha value is -0.630. The van der Waals surface area contributed by atoms with Crippen molar-refractivity contribution < 1.29 is 9.53 Å². The van der Waals surface area contributed by atoms with E-state index in [1.165, 1.54) is 0 Å². The van der Waals surface area contributed by atoms with E-state index in [0.717, 1.165) is 19.3 Å². The molecule has 0 radical (unpaired) electrons. The van der Waals surface area contributed by atoms with Crippen molar-refractivity contribution in [2.45, 2.75) is 51.7 Å². The Labute approximate surface area is 85.3 Å². The molecule has 1 aliphatic heterocycles. The average molecular weight is 194 g/mol. The van der Waals surface area contributed by atoms with Gasteiger partial charge < -0.3 is 4.74 Å². The Morgan fingerprint density at radius 3 is 2.71 bits per heavy atom. The Kier molecular flexibility index (Phi) is 2.07. The molecule has 78 valence electrons. The van der Waals surface area contributed by atoms with Gasteiger partial charge in [-0.2, -0.15) is 0 Å². The molecule has 0 saturated carbocycles. The molecule has 0 amide bonds. The number of ketones is 1. The quantitative estimate of drug-likeness (QED) is 0.592. The van der Waals surface area contributed by atoms with Crippen LogP contribution < -0.4 is 0 Å². The number of carbonyl (C=O) groups excluding carboxylic acids is 1. The summed E-state index contributed by atoms with van der Waals surface area (Å²) in [6, 6.07) is 0. The maximum absolute atomic E-state index is 12.0. The summed E-state index contributed by atoms with van der Waals surface area (Å²) in [6.45, 7) is 6.31. The standard InChI is InChI=1S/C12H18O2/c1-9-6-8-12(14-9)10(13)5-4-7-11(12,2)3/h4-5,9H,6-8H2,1-3H3/t9-,12+/m1/s1. The van der Waals surface area contributed by atoms with Crippen molar-refractivity contribution in [2.24, 2.45) is 5.41 Å². The van der Waals surface area contributed by atoms with Crippen molar-refractivity contribution in [3.05, 3.63) is 12.2 Å². The second kappa shape index (κ2) is 2.93. The third-order valence-corrected chi connectivity index (χ3v) is 3.69. The topological polar surface area (TPSA) is 26.3 Å². The number of hydrogen-bond acceptors (Lipinski definition) is 2. The monoisotopic (exact) mass is 194 g/mol. The predicted molar refractivity (Wildman–Crippen MR) is 55.1 cm³/mol. The van der Waals surface area contributed by atoms with Gasteiger partial charge in [0.2, 0.25) is 0 Å². The first-order valence-electron chi connectivity index (χ1n) is 5.37. The van der Waals surface area contributed by atoms with Gasteiger partial charge in [-0.1, -0.05) is 19.9 Å². The highest BCUT2D eigenvalue weighted by Gasteiger charge is 2.55. The lowest BCUT2D eigenvalue weighted by molar-refractivity contribution is -0.156. The van der Waals surface area contributed by atoms with Gasteiger partial charge in [-0.3, -0.25) is 4.79 Å². The van der Waals surface area contributed by atoms with Gasteiger partial charge in [0.1, 0.15) is 5.60 Å². The van der Waals surface area contributed by atoms with Gasteiger partial charge in [0, 0.05) is 5.41 Å². The summed E-state index contributed by atoms with van der Waals surface area (Å²) in [7, 11) is 0. The molecule has 2 rings (SSSR count). The van der Waals surface area contributed by atoms with Crippen molar-refractivity contribution in [3.63, 3.8) is 0 Å². The van der Waals surface area contributed by atoms with Crippen molar-refractivity contribution >= 4 is 5.78 Å². The molecule has 1 heterocycles. The van der Waals surface area contributed by atoms with Gasteiger partial charge in [-0.15, -0.1) is 0 Å². The molecule has 0 bridgehead atoms. The smallest absolute Gasteiger partial charge is 0.187 e. The minimum Gasteiger partial charge on any atom is -0.363 e. The summed E-state index contributed by atoms with van der Waals surface area (Å²) in [5, 5.41) is 0. The molecule has 0 aromatic rings. The lowest BCUT2D eigenvalue weighted by Gasteiger charge is -2.43. The number of allylic oxidation sites excluding steroid dienone is 1. The lowest BCUT2D eigenvalue weighted by Crippen LogP contribution is -2.52. The highest BCUT2D eigenvalue weighted by atomic mass is 16.5. The number of rotatable bonds is 0. The summed E-state index contributed by atoms with van der Waals surface area (Å²) < 4.78 is 5.92. The zero-order chi connectivity index (χ0) is 10.4. The third kappa shape index (κ3) is 1.17. The van der Waals surface area contributed by atoms with E-state index < -0.39 is 5.60 Å². The van der Waals surface area contributed by atoms with Gasteiger partial charge in [0.05, 0.1) is 6.10 Å². The molecule has 2 aliphatic rings. The molecular formula is C12H18O2. The van der Waals surface area contributed by atoms with Crippen LogP contribution in [0.2, 0.25) is 0 Å². The van der Waals surface area contributed by atoms with E-state index in [1.807, 2.05) is 6.08 Å². The number of hydrogen-bond donors (Lipinski definition) is 0. The summed E-state index contributed by atoms with van der Waals surface area (Å²) in [4.78, 5) is 12.0. The zero-order valence-electron chi connectivity index (χ0n) is 9.17. The average Bonchev–Trinajstić information content (AvgIpc) is 2.46. The Bertz CT molecular complexity index is 291. The second-order valence-electron chi connectivity index (χ2n) is 5.15. The second-order valence-corrected chi connectivity index (χ2v) is 5.15. The van der Waals surface area contributed by atoms with Crippen LogP contribution in [0.15, 0.2) is 12.2 Å². The minimum atomic E-state index is -0.527. The van der Waals surface area contributed by atoms with Crippen LogP contribution in [0.5, 0.6) is 0 Å². The summed E-state index contributed by atoms with van der Waals surface area (Å²) >= 11 is 0. The highest BCUT2D eigenvalue weighted by Crippen LogP contribution is 2.49. The molecule has 0 unspecified atom stereocenters. The maximum Gasteiger partial charge on any atom is 0.187 e. The van der Waals surface area contributed by atoms with E-state index in [0.29, 0.717) is 0 Å². The molecule has 0 aromatic carbocycles. The Balaban J connectivity index is 2.39. The van der Waals surface area contributed by atoms with E-state index in [9.17, 15) is 4.79 Å². The van der Waals surface area contributed by atoms with Gasteiger partial charge in [-0.05, 0) is 32.3 Å². The molecule has 1 saturated heterocycles. The molecule has 2 heteroatoms. The van der Waals surface area contributed by atoms with Crippen LogP contribution in [0.3, 0.4) is 0 Å². The van der Waals surface area contributed by atoms with Crippen molar-refractivity contribution in [1.82, 2.24) is 0 Å². The molecule has 1 fully saturated rings. The van der Waals surface area contributed by atoms with Gasteiger partial charge >= 0.3 is 0 Å². The fourth-order valence-corrected chi connectivity index (χ4v) is 2.64. The van der Waals surface area contributed by atoms with Crippen LogP contribution in [-0.2, 0) is 9.53 Å². The van der Waals surface area contributed by atoms with Crippen molar-refractivity contribution in [2.75, 3.05) is 0 Å². The third-order valence-electron chi connectivity index (χ3n) is 3.69. The first-order valence-corrected chi connectivity index (χ1v) is 5.37. The van der Waals surface area contributed by atoms with E-state index in [4.69, 9.17) is 4.74 Å². The largest absolute Gasteiger partial charge is 0.363 e. The van der Waals surface area contributed by atoms with Crippen molar-refractivity contribution in [1.29, 1.82) is 0 Å². The minimum absolute atomic E-state index is 0.0520. The molecule has 2 nitrogen and oxygen atoms in total. The zero-order valence-corrected chi connectivity index (χ0v) is 9.17. The molecule has 0 aromatic heterocycles. The summed E-state index contributed by atoms with van der Waals surface area (Å²) in [5.41, 5.74) is -0.579. The molecule has 1 aliphatic carbocycles. The summed E-state index contributed by atoms with van der Waals surface area (Å²) in [6.07, 6.45) is 6.71. The van der Waals surface area contributed by atoms with E-state index >= 15 is 0 Å². The van der Waals surface area contributed by atoms with Gasteiger partial charge in [0.25, 0.3) is 0 Å². The fourth-order valence-electron chi connectivity index (χ4n) is 2.64. The molecule has 2 atom stereocenters. The molecule has 0 N–H and O–H groups in total. The SMILES string of the molecule is C[C@@H]1CC[C@]2(O1)C(=O)C=CCC2(C)C. The Morgan fingerprint density at radius 1 is 1.50 bits per heavy atom. The van der Waals surface area contributed by atoms with Gasteiger partial charge in [-0.25, -0.2) is 0 Å². The van der Waals surface area contributed by atoms with Gasteiger partial charge in [0.15, 0.2) is 5.78 Å². The molecule has 14 heavy (non-hydrogen) atoms. The summed E-state index contributed by atoms with van der Waals surface area (Å²) in [5.74, 6) is 0.165. The predicted octanol–water partition coefficient (Wildman–Crippen LogP) is 2.48. The molecule has 1 spiro atoms. The Morgan fingerprint density at radius 2 is 2.21 bits per heavy atom. The van der Waals surface area contributed by atoms with Crippen molar-refractivity contribution in [3.8, 4) is 0 Å². The number of ether oxygens (including phenoxy) is 1.